The van der Waals surface area contributed by atoms with Crippen LogP contribution < -0.4 is 0 Å². The predicted octanol–water partition coefficient (Wildman–Crippen LogP) is 0.968. The Bertz CT molecular complexity index is 444. The van der Waals surface area contributed by atoms with E-state index in [2.05, 4.69) is 15.9 Å². The third-order valence-electron chi connectivity index (χ3n) is 2.49. The maximum Gasteiger partial charge on any atom is 0.328 e. The molecule has 0 radical (unpaired) electrons. The van der Waals surface area contributed by atoms with Crippen molar-refractivity contribution in [2.45, 2.75) is 6.04 Å². The van der Waals surface area contributed by atoms with Crippen LogP contribution in [0.15, 0.2) is 21.2 Å². The average Bonchev–Trinajstić information content (AvgIpc) is 2.74. The number of carbonyl (C=O) groups excluding carboxylic acids is 1. The zero-order valence-corrected chi connectivity index (χ0v) is 10.3. The first kappa shape index (κ1) is 12.1. The third kappa shape index (κ3) is 2.34. The van der Waals surface area contributed by atoms with Crippen molar-refractivity contribution in [3.63, 3.8) is 0 Å². The molecule has 0 saturated carbocycles. The van der Waals surface area contributed by atoms with Gasteiger partial charge in [-0.25, -0.2) is 4.79 Å². The molecule has 1 aromatic heterocycles. The molecular formula is C10H10BrNO5. The first-order valence-corrected chi connectivity index (χ1v) is 5.75. The number of carboxylic acids is 1. The Kier molecular flexibility index (Phi) is 3.49. The zero-order valence-electron chi connectivity index (χ0n) is 8.76. The fourth-order valence-electron chi connectivity index (χ4n) is 1.63. The van der Waals surface area contributed by atoms with Crippen molar-refractivity contribution in [3.8, 4) is 0 Å². The lowest BCUT2D eigenvalue weighted by atomic mass is 10.2. The van der Waals surface area contributed by atoms with Crippen LogP contribution in [0.5, 0.6) is 0 Å². The van der Waals surface area contributed by atoms with Crippen LogP contribution in [0.4, 0.5) is 0 Å². The summed E-state index contributed by atoms with van der Waals surface area (Å²) in [6.45, 7) is 0.566. The highest BCUT2D eigenvalue weighted by atomic mass is 79.9. The number of hydrogen-bond donors (Lipinski definition) is 1. The molecular weight excluding hydrogens is 294 g/mol. The summed E-state index contributed by atoms with van der Waals surface area (Å²) >= 11 is 3.17. The van der Waals surface area contributed by atoms with Crippen LogP contribution in [0.2, 0.25) is 0 Å². The van der Waals surface area contributed by atoms with Crippen LogP contribution in [0, 0.1) is 0 Å². The average molecular weight is 304 g/mol. The summed E-state index contributed by atoms with van der Waals surface area (Å²) in [5.41, 5.74) is 0. The van der Waals surface area contributed by atoms with E-state index in [0.29, 0.717) is 11.1 Å². The van der Waals surface area contributed by atoms with E-state index in [0.717, 1.165) is 0 Å². The van der Waals surface area contributed by atoms with E-state index < -0.39 is 17.9 Å². The lowest BCUT2D eigenvalue weighted by Crippen LogP contribution is -2.52. The van der Waals surface area contributed by atoms with Gasteiger partial charge in [-0.15, -0.1) is 0 Å². The van der Waals surface area contributed by atoms with E-state index in [9.17, 15) is 9.59 Å². The molecule has 7 heteroatoms. The topological polar surface area (TPSA) is 80.0 Å². The number of morpholine rings is 1. The number of nitrogens with zero attached hydrogens (tertiary/aromatic N) is 1. The van der Waals surface area contributed by atoms with Gasteiger partial charge in [-0.1, -0.05) is 0 Å². The van der Waals surface area contributed by atoms with Crippen LogP contribution in [-0.2, 0) is 9.53 Å². The zero-order chi connectivity index (χ0) is 12.4. The summed E-state index contributed by atoms with van der Waals surface area (Å²) in [5.74, 6) is -1.42. The van der Waals surface area contributed by atoms with E-state index >= 15 is 0 Å². The van der Waals surface area contributed by atoms with Crippen molar-refractivity contribution in [2.24, 2.45) is 0 Å². The van der Waals surface area contributed by atoms with Crippen molar-refractivity contribution < 1.29 is 23.8 Å². The minimum atomic E-state index is -1.08. The molecule has 1 N–H and O–H groups in total. The Balaban J connectivity index is 2.23. The van der Waals surface area contributed by atoms with Crippen molar-refractivity contribution in [3.05, 3.63) is 22.6 Å². The Morgan fingerprint density at radius 3 is 2.88 bits per heavy atom. The molecule has 2 heterocycles. The number of furan rings is 1. The van der Waals surface area contributed by atoms with Gasteiger partial charge in [-0.05, 0) is 22.0 Å². The summed E-state index contributed by atoms with van der Waals surface area (Å²) in [7, 11) is 0. The molecule has 2 rings (SSSR count). The van der Waals surface area contributed by atoms with Crippen LogP contribution >= 0.6 is 15.9 Å². The summed E-state index contributed by atoms with van der Waals surface area (Å²) in [6, 6.07) is 0.622. The molecule has 17 heavy (non-hydrogen) atoms. The summed E-state index contributed by atoms with van der Waals surface area (Å²) in [4.78, 5) is 24.3. The number of carboxylic acid groups (broad SMARTS) is 1. The fraction of sp³-hybridized carbons (Fsp3) is 0.400. The molecule has 0 aliphatic carbocycles. The van der Waals surface area contributed by atoms with Crippen LogP contribution in [0.25, 0.3) is 0 Å². The molecule has 1 saturated heterocycles. The van der Waals surface area contributed by atoms with E-state index in [1.807, 2.05) is 0 Å². The molecule has 1 aliphatic rings. The second kappa shape index (κ2) is 4.89. The molecule has 6 nitrogen and oxygen atoms in total. The second-order valence-electron chi connectivity index (χ2n) is 3.53. The van der Waals surface area contributed by atoms with E-state index in [1.165, 1.54) is 11.2 Å². The quantitative estimate of drug-likeness (QED) is 0.880. The maximum absolute atomic E-state index is 12.1. The Morgan fingerprint density at radius 2 is 2.29 bits per heavy atom. The van der Waals surface area contributed by atoms with Gasteiger partial charge >= 0.3 is 5.97 Å². The molecule has 92 valence electrons. The van der Waals surface area contributed by atoms with Gasteiger partial charge in [0.2, 0.25) is 5.76 Å². The van der Waals surface area contributed by atoms with Crippen molar-refractivity contribution in [1.29, 1.82) is 0 Å². The molecule has 1 aromatic rings. The van der Waals surface area contributed by atoms with E-state index in [1.54, 1.807) is 6.07 Å². The number of halogens is 1. The van der Waals surface area contributed by atoms with Crippen LogP contribution in [-0.4, -0.2) is 47.7 Å². The van der Waals surface area contributed by atoms with E-state index in [4.69, 9.17) is 14.3 Å². The van der Waals surface area contributed by atoms with Gasteiger partial charge in [0.15, 0.2) is 6.04 Å². The number of rotatable bonds is 2. The third-order valence-corrected chi connectivity index (χ3v) is 3.11. The first-order valence-electron chi connectivity index (χ1n) is 4.95. The summed E-state index contributed by atoms with van der Waals surface area (Å²) in [5, 5.41) is 9.01. The first-order chi connectivity index (χ1) is 8.11. The highest BCUT2D eigenvalue weighted by Gasteiger charge is 2.35. The molecule has 1 amide bonds. The number of aliphatic carboxylic acids is 1. The van der Waals surface area contributed by atoms with Crippen molar-refractivity contribution in [1.82, 2.24) is 4.90 Å². The van der Waals surface area contributed by atoms with Gasteiger partial charge in [0.05, 0.1) is 23.9 Å². The maximum atomic E-state index is 12.1. The molecule has 0 spiro atoms. The Labute approximate surface area is 105 Å². The van der Waals surface area contributed by atoms with Gasteiger partial charge in [0.25, 0.3) is 5.91 Å². The normalized spacial score (nSPS) is 20.3. The van der Waals surface area contributed by atoms with Crippen molar-refractivity contribution in [2.75, 3.05) is 19.8 Å². The smallest absolute Gasteiger partial charge is 0.328 e. The number of carbonyl (C=O) groups is 2. The van der Waals surface area contributed by atoms with Gasteiger partial charge in [-0.3, -0.25) is 4.79 Å². The van der Waals surface area contributed by atoms with Gasteiger partial charge in [-0.2, -0.15) is 0 Å². The monoisotopic (exact) mass is 303 g/mol. The number of ether oxygens (including phenoxy) is 1. The Hall–Kier alpha value is -1.34. The minimum Gasteiger partial charge on any atom is -0.480 e. The van der Waals surface area contributed by atoms with Crippen LogP contribution in [0.3, 0.4) is 0 Å². The molecule has 1 fully saturated rings. The summed E-state index contributed by atoms with van der Waals surface area (Å²) in [6.07, 6.45) is 1.37. The van der Waals surface area contributed by atoms with Gasteiger partial charge in [0.1, 0.15) is 0 Å². The summed E-state index contributed by atoms with van der Waals surface area (Å²) < 4.78 is 10.6. The molecule has 0 aromatic carbocycles. The van der Waals surface area contributed by atoms with Gasteiger partial charge in [0, 0.05) is 6.54 Å². The van der Waals surface area contributed by atoms with E-state index in [-0.39, 0.29) is 18.9 Å². The predicted molar refractivity (Wildman–Crippen MR) is 59.7 cm³/mol. The molecule has 1 unspecified atom stereocenters. The Morgan fingerprint density at radius 1 is 1.53 bits per heavy atom. The molecule has 1 atom stereocenters. The number of hydrogen-bond acceptors (Lipinski definition) is 4. The fourth-order valence-corrected chi connectivity index (χ4v) is 2.00. The highest BCUT2D eigenvalue weighted by Crippen LogP contribution is 2.21. The minimum absolute atomic E-state index is 0.000594. The largest absolute Gasteiger partial charge is 0.480 e. The molecule has 1 aliphatic heterocycles. The SMILES string of the molecule is O=C(O)C1COCCN1C(=O)c1occc1Br. The standard InChI is InChI=1S/C10H10BrNO5/c11-6-1-3-17-8(6)9(13)12-2-4-16-5-7(12)10(14)15/h1,3,7H,2,4-5H2,(H,14,15). The highest BCUT2D eigenvalue weighted by molar-refractivity contribution is 9.10. The second-order valence-corrected chi connectivity index (χ2v) is 4.38. The van der Waals surface area contributed by atoms with Gasteiger partial charge < -0.3 is 19.2 Å². The lowest BCUT2D eigenvalue weighted by molar-refractivity contribution is -0.147. The lowest BCUT2D eigenvalue weighted by Gasteiger charge is -2.32. The van der Waals surface area contributed by atoms with Crippen molar-refractivity contribution >= 4 is 27.8 Å². The molecule has 0 bridgehead atoms. The van der Waals surface area contributed by atoms with Crippen LogP contribution in [0.1, 0.15) is 10.6 Å². The number of amides is 1.